The van der Waals surface area contributed by atoms with E-state index in [1.165, 1.54) is 13.0 Å². The van der Waals surface area contributed by atoms with Crippen molar-refractivity contribution in [2.75, 3.05) is 5.73 Å². The summed E-state index contributed by atoms with van der Waals surface area (Å²) in [6.07, 6.45) is 0. The Morgan fingerprint density at radius 1 is 1.62 bits per heavy atom. The van der Waals surface area contributed by atoms with Crippen molar-refractivity contribution in [1.82, 2.24) is 0 Å². The molecule has 0 aliphatic rings. The molecule has 0 spiro atoms. The van der Waals surface area contributed by atoms with E-state index in [2.05, 4.69) is 0 Å². The standard InChI is InChI=1S/C9H7IN2O/c1-5(13)7-2-6(4-11)3-8(10)9(7)12/h2-3H,12H2,1H3. The van der Waals surface area contributed by atoms with Gasteiger partial charge in [0.05, 0.1) is 17.3 Å². The number of ketones is 1. The molecule has 0 aromatic heterocycles. The van der Waals surface area contributed by atoms with E-state index < -0.39 is 0 Å². The number of benzene rings is 1. The van der Waals surface area contributed by atoms with Gasteiger partial charge in [-0.3, -0.25) is 4.79 Å². The van der Waals surface area contributed by atoms with Crippen LogP contribution >= 0.6 is 22.6 Å². The number of carbonyl (C=O) groups is 1. The molecule has 0 saturated heterocycles. The average molecular weight is 286 g/mol. The molecule has 0 radical (unpaired) electrons. The van der Waals surface area contributed by atoms with Crippen molar-refractivity contribution in [2.24, 2.45) is 0 Å². The first-order valence-corrected chi connectivity index (χ1v) is 4.64. The molecule has 0 fully saturated rings. The first-order chi connectivity index (χ1) is 6.06. The highest BCUT2D eigenvalue weighted by Gasteiger charge is 2.09. The lowest BCUT2D eigenvalue weighted by atomic mass is 10.1. The van der Waals surface area contributed by atoms with Crippen LogP contribution in [0, 0.1) is 14.9 Å². The molecule has 1 aromatic rings. The third-order valence-electron chi connectivity index (χ3n) is 1.64. The minimum atomic E-state index is -0.118. The topological polar surface area (TPSA) is 66.9 Å². The Bertz CT molecular complexity index is 407. The molecule has 0 unspecified atom stereocenters. The first-order valence-electron chi connectivity index (χ1n) is 3.56. The number of nitriles is 1. The Morgan fingerprint density at radius 3 is 2.69 bits per heavy atom. The molecular formula is C9H7IN2O. The van der Waals surface area contributed by atoms with Gasteiger partial charge in [-0.2, -0.15) is 5.26 Å². The molecule has 0 saturated carbocycles. The minimum absolute atomic E-state index is 0.118. The van der Waals surface area contributed by atoms with Crippen molar-refractivity contribution < 1.29 is 4.79 Å². The molecule has 1 aromatic carbocycles. The molecule has 0 bridgehead atoms. The van der Waals surface area contributed by atoms with Gasteiger partial charge in [-0.05, 0) is 41.6 Å². The maximum Gasteiger partial charge on any atom is 0.161 e. The number of Topliss-reactive ketones (excluding diaryl/α,β-unsaturated/α-hetero) is 1. The normalized spacial score (nSPS) is 9.31. The maximum absolute atomic E-state index is 11.1. The summed E-state index contributed by atoms with van der Waals surface area (Å²) in [5.41, 5.74) is 7.00. The molecule has 3 nitrogen and oxygen atoms in total. The van der Waals surface area contributed by atoms with Crippen molar-refractivity contribution in [3.05, 3.63) is 26.8 Å². The lowest BCUT2D eigenvalue weighted by molar-refractivity contribution is 0.101. The molecule has 4 heteroatoms. The zero-order chi connectivity index (χ0) is 10.0. The van der Waals surface area contributed by atoms with Crippen molar-refractivity contribution in [2.45, 2.75) is 6.92 Å². The van der Waals surface area contributed by atoms with Crippen molar-refractivity contribution in [1.29, 1.82) is 5.26 Å². The van der Waals surface area contributed by atoms with Crippen LogP contribution in [0.4, 0.5) is 5.69 Å². The van der Waals surface area contributed by atoms with Crippen LogP contribution in [0.25, 0.3) is 0 Å². The fourth-order valence-electron chi connectivity index (χ4n) is 0.974. The molecule has 66 valence electrons. The molecule has 0 aliphatic carbocycles. The van der Waals surface area contributed by atoms with E-state index in [0.29, 0.717) is 16.8 Å². The van der Waals surface area contributed by atoms with Crippen LogP contribution in [0.1, 0.15) is 22.8 Å². The van der Waals surface area contributed by atoms with Crippen LogP contribution in [0.3, 0.4) is 0 Å². The Kier molecular flexibility index (Phi) is 2.88. The van der Waals surface area contributed by atoms with Gasteiger partial charge in [0.1, 0.15) is 0 Å². The second kappa shape index (κ2) is 3.75. The van der Waals surface area contributed by atoms with Gasteiger partial charge in [0, 0.05) is 9.13 Å². The highest BCUT2D eigenvalue weighted by molar-refractivity contribution is 14.1. The number of anilines is 1. The molecular weight excluding hydrogens is 279 g/mol. The molecule has 1 rings (SSSR count). The zero-order valence-electron chi connectivity index (χ0n) is 6.97. The van der Waals surface area contributed by atoms with E-state index in [0.717, 1.165) is 3.57 Å². The lowest BCUT2D eigenvalue weighted by Gasteiger charge is -2.04. The largest absolute Gasteiger partial charge is 0.397 e. The van der Waals surface area contributed by atoms with Crippen LogP contribution in [0.15, 0.2) is 12.1 Å². The van der Waals surface area contributed by atoms with Crippen LogP contribution < -0.4 is 5.73 Å². The number of nitrogen functional groups attached to an aromatic ring is 1. The van der Waals surface area contributed by atoms with Gasteiger partial charge >= 0.3 is 0 Å². The molecule has 2 N–H and O–H groups in total. The van der Waals surface area contributed by atoms with Crippen molar-refractivity contribution in [3.8, 4) is 6.07 Å². The fourth-order valence-corrected chi connectivity index (χ4v) is 1.60. The molecule has 0 amide bonds. The summed E-state index contributed by atoms with van der Waals surface area (Å²) in [4.78, 5) is 11.1. The molecule has 0 atom stereocenters. The monoisotopic (exact) mass is 286 g/mol. The predicted molar refractivity (Wildman–Crippen MR) is 58.3 cm³/mol. The number of rotatable bonds is 1. The predicted octanol–water partition coefficient (Wildman–Crippen LogP) is 1.95. The zero-order valence-corrected chi connectivity index (χ0v) is 9.12. The Morgan fingerprint density at radius 2 is 2.23 bits per heavy atom. The van der Waals surface area contributed by atoms with Crippen LogP contribution in [-0.2, 0) is 0 Å². The number of nitrogens with two attached hydrogens (primary N) is 1. The summed E-state index contributed by atoms with van der Waals surface area (Å²) in [7, 11) is 0. The van der Waals surface area contributed by atoms with Gasteiger partial charge in [0.25, 0.3) is 0 Å². The Hall–Kier alpha value is -1.09. The van der Waals surface area contributed by atoms with E-state index in [1.807, 2.05) is 28.7 Å². The SMILES string of the molecule is CC(=O)c1cc(C#N)cc(I)c1N. The highest BCUT2D eigenvalue weighted by Crippen LogP contribution is 2.22. The van der Waals surface area contributed by atoms with Crippen molar-refractivity contribution in [3.63, 3.8) is 0 Å². The third kappa shape index (κ3) is 1.98. The third-order valence-corrected chi connectivity index (χ3v) is 2.53. The lowest BCUT2D eigenvalue weighted by Crippen LogP contribution is -2.02. The summed E-state index contributed by atoms with van der Waals surface area (Å²) in [5.74, 6) is -0.118. The highest BCUT2D eigenvalue weighted by atomic mass is 127. The van der Waals surface area contributed by atoms with Gasteiger partial charge in [-0.1, -0.05) is 0 Å². The van der Waals surface area contributed by atoms with Gasteiger partial charge in [0.2, 0.25) is 0 Å². The average Bonchev–Trinajstić information content (AvgIpc) is 2.09. The minimum Gasteiger partial charge on any atom is -0.397 e. The number of carbonyl (C=O) groups excluding carboxylic acids is 1. The first kappa shape index (κ1) is 9.99. The van der Waals surface area contributed by atoms with E-state index >= 15 is 0 Å². The second-order valence-corrected chi connectivity index (χ2v) is 3.75. The maximum atomic E-state index is 11.1. The number of hydrogen-bond donors (Lipinski definition) is 1. The molecule has 13 heavy (non-hydrogen) atoms. The second-order valence-electron chi connectivity index (χ2n) is 2.59. The van der Waals surface area contributed by atoms with E-state index in [4.69, 9.17) is 11.0 Å². The number of nitrogens with zero attached hydrogens (tertiary/aromatic N) is 1. The van der Waals surface area contributed by atoms with Crippen molar-refractivity contribution >= 4 is 34.1 Å². The van der Waals surface area contributed by atoms with Gasteiger partial charge < -0.3 is 5.73 Å². The van der Waals surface area contributed by atoms with Gasteiger partial charge in [0.15, 0.2) is 5.78 Å². The Labute approximate surface area is 89.7 Å². The number of halogens is 1. The summed E-state index contributed by atoms with van der Waals surface area (Å²) in [5, 5.41) is 8.65. The van der Waals surface area contributed by atoms with Crippen LogP contribution in [0.2, 0.25) is 0 Å². The van der Waals surface area contributed by atoms with E-state index in [1.54, 1.807) is 6.07 Å². The summed E-state index contributed by atoms with van der Waals surface area (Å²) < 4.78 is 0.738. The summed E-state index contributed by atoms with van der Waals surface area (Å²) >= 11 is 2.00. The summed E-state index contributed by atoms with van der Waals surface area (Å²) in [6.45, 7) is 1.43. The summed E-state index contributed by atoms with van der Waals surface area (Å²) in [6, 6.07) is 5.15. The number of hydrogen-bond acceptors (Lipinski definition) is 3. The van der Waals surface area contributed by atoms with E-state index in [-0.39, 0.29) is 5.78 Å². The van der Waals surface area contributed by atoms with Gasteiger partial charge in [-0.15, -0.1) is 0 Å². The molecule has 0 heterocycles. The quantitative estimate of drug-likeness (QED) is 0.487. The Balaban J connectivity index is 3.44. The fraction of sp³-hybridized carbons (Fsp3) is 0.111. The molecule has 0 aliphatic heterocycles. The smallest absolute Gasteiger partial charge is 0.161 e. The van der Waals surface area contributed by atoms with Crippen LogP contribution in [0.5, 0.6) is 0 Å². The van der Waals surface area contributed by atoms with E-state index in [9.17, 15) is 4.79 Å². The van der Waals surface area contributed by atoms with Gasteiger partial charge in [-0.25, -0.2) is 0 Å². The van der Waals surface area contributed by atoms with Crippen LogP contribution in [-0.4, -0.2) is 5.78 Å².